The van der Waals surface area contributed by atoms with E-state index < -0.39 is 5.97 Å². The molecule has 3 rings (SSSR count). The molecule has 2 heterocycles. The maximum absolute atomic E-state index is 12.2. The molecule has 1 saturated heterocycles. The largest absolute Gasteiger partial charge is 0.458 e. The highest BCUT2D eigenvalue weighted by atomic mass is 35.5. The SMILES string of the molecule is Cc1nn(-c2cccc(Cl)c2)nc1C(=O)OCC1CCCCO1. The Labute approximate surface area is 139 Å². The Hall–Kier alpha value is -1.92. The predicted molar refractivity (Wildman–Crippen MR) is 85.0 cm³/mol. The van der Waals surface area contributed by atoms with E-state index >= 15 is 0 Å². The van der Waals surface area contributed by atoms with Gasteiger partial charge in [-0.25, -0.2) is 4.79 Å². The molecule has 23 heavy (non-hydrogen) atoms. The number of esters is 1. The zero-order chi connectivity index (χ0) is 16.2. The van der Waals surface area contributed by atoms with Gasteiger partial charge in [0, 0.05) is 11.6 Å². The molecule has 7 heteroatoms. The van der Waals surface area contributed by atoms with Crippen molar-refractivity contribution in [2.75, 3.05) is 13.2 Å². The summed E-state index contributed by atoms with van der Waals surface area (Å²) in [5, 5.41) is 9.05. The van der Waals surface area contributed by atoms with Crippen molar-refractivity contribution >= 4 is 17.6 Å². The molecule has 0 radical (unpaired) electrons. The van der Waals surface area contributed by atoms with Crippen LogP contribution in [-0.2, 0) is 9.47 Å². The Bertz CT molecular complexity index is 696. The highest BCUT2D eigenvalue weighted by Crippen LogP contribution is 2.16. The standard InChI is InChI=1S/C16H18ClN3O3/c1-11-15(16(21)23-10-14-7-2-3-8-22-14)19-20(18-11)13-6-4-5-12(17)9-13/h4-6,9,14H,2-3,7-8,10H2,1H3. The predicted octanol–water partition coefficient (Wildman–Crippen LogP) is 2.96. The molecular weight excluding hydrogens is 318 g/mol. The lowest BCUT2D eigenvalue weighted by Crippen LogP contribution is -2.26. The van der Waals surface area contributed by atoms with Crippen molar-refractivity contribution in [2.24, 2.45) is 0 Å². The maximum atomic E-state index is 12.2. The molecule has 1 aromatic heterocycles. The Morgan fingerprint density at radius 3 is 3.04 bits per heavy atom. The van der Waals surface area contributed by atoms with E-state index in [9.17, 15) is 4.79 Å². The van der Waals surface area contributed by atoms with Crippen LogP contribution in [0.4, 0.5) is 0 Å². The van der Waals surface area contributed by atoms with Crippen molar-refractivity contribution in [1.29, 1.82) is 0 Å². The van der Waals surface area contributed by atoms with Crippen LogP contribution in [0.15, 0.2) is 24.3 Å². The van der Waals surface area contributed by atoms with Crippen LogP contribution < -0.4 is 0 Å². The third-order valence-corrected chi connectivity index (χ3v) is 3.92. The van der Waals surface area contributed by atoms with E-state index in [1.54, 1.807) is 25.1 Å². The number of aryl methyl sites for hydroxylation is 1. The first-order valence-electron chi connectivity index (χ1n) is 7.62. The summed E-state index contributed by atoms with van der Waals surface area (Å²) >= 11 is 5.97. The number of carbonyl (C=O) groups is 1. The summed E-state index contributed by atoms with van der Waals surface area (Å²) < 4.78 is 10.9. The van der Waals surface area contributed by atoms with Crippen LogP contribution in [0.3, 0.4) is 0 Å². The number of halogens is 1. The van der Waals surface area contributed by atoms with Crippen molar-refractivity contribution in [3.05, 3.63) is 40.7 Å². The van der Waals surface area contributed by atoms with Crippen LogP contribution in [0.25, 0.3) is 5.69 Å². The molecular formula is C16H18ClN3O3. The normalized spacial score (nSPS) is 17.9. The number of aromatic nitrogens is 3. The molecule has 0 amide bonds. The van der Waals surface area contributed by atoms with Gasteiger partial charge in [-0.2, -0.15) is 9.90 Å². The van der Waals surface area contributed by atoms with Gasteiger partial charge in [-0.05, 0) is 44.4 Å². The van der Waals surface area contributed by atoms with Crippen molar-refractivity contribution < 1.29 is 14.3 Å². The van der Waals surface area contributed by atoms with Crippen LogP contribution >= 0.6 is 11.6 Å². The van der Waals surface area contributed by atoms with Gasteiger partial charge in [0.2, 0.25) is 0 Å². The van der Waals surface area contributed by atoms with Crippen LogP contribution in [0, 0.1) is 6.92 Å². The Morgan fingerprint density at radius 2 is 2.30 bits per heavy atom. The molecule has 6 nitrogen and oxygen atoms in total. The quantitative estimate of drug-likeness (QED) is 0.804. The average Bonchev–Trinajstić information content (AvgIpc) is 2.96. The lowest BCUT2D eigenvalue weighted by molar-refractivity contribution is -0.0303. The number of ether oxygens (including phenoxy) is 2. The third-order valence-electron chi connectivity index (χ3n) is 3.69. The fraction of sp³-hybridized carbons (Fsp3) is 0.438. The number of benzene rings is 1. The van der Waals surface area contributed by atoms with Gasteiger partial charge in [-0.1, -0.05) is 17.7 Å². The van der Waals surface area contributed by atoms with Gasteiger partial charge in [0.25, 0.3) is 0 Å². The molecule has 1 unspecified atom stereocenters. The van der Waals surface area contributed by atoms with Gasteiger partial charge in [-0.3, -0.25) is 0 Å². The van der Waals surface area contributed by atoms with Gasteiger partial charge in [-0.15, -0.1) is 5.10 Å². The molecule has 1 aliphatic heterocycles. The van der Waals surface area contributed by atoms with Crippen molar-refractivity contribution in [3.63, 3.8) is 0 Å². The molecule has 1 aromatic carbocycles. The zero-order valence-electron chi connectivity index (χ0n) is 12.9. The Morgan fingerprint density at radius 1 is 1.43 bits per heavy atom. The number of nitrogens with zero attached hydrogens (tertiary/aromatic N) is 3. The third kappa shape index (κ3) is 3.89. The van der Waals surface area contributed by atoms with Crippen molar-refractivity contribution in [1.82, 2.24) is 15.0 Å². The molecule has 0 spiro atoms. The van der Waals surface area contributed by atoms with E-state index in [0.717, 1.165) is 25.9 Å². The fourth-order valence-electron chi connectivity index (χ4n) is 2.46. The zero-order valence-corrected chi connectivity index (χ0v) is 13.6. The minimum atomic E-state index is -0.482. The minimum Gasteiger partial charge on any atom is -0.458 e. The lowest BCUT2D eigenvalue weighted by atomic mass is 10.1. The summed E-state index contributed by atoms with van der Waals surface area (Å²) in [6.45, 7) is 2.70. The number of hydrogen-bond acceptors (Lipinski definition) is 5. The van der Waals surface area contributed by atoms with Gasteiger partial charge in [0.15, 0.2) is 5.69 Å². The van der Waals surface area contributed by atoms with Gasteiger partial charge in [0.05, 0.1) is 17.5 Å². The molecule has 1 aliphatic rings. The number of rotatable bonds is 4. The second-order valence-electron chi connectivity index (χ2n) is 5.49. The van der Waals surface area contributed by atoms with Gasteiger partial charge < -0.3 is 9.47 Å². The second-order valence-corrected chi connectivity index (χ2v) is 5.93. The summed E-state index contributed by atoms with van der Waals surface area (Å²) in [7, 11) is 0. The highest BCUT2D eigenvalue weighted by molar-refractivity contribution is 6.30. The molecule has 0 N–H and O–H groups in total. The average molecular weight is 336 g/mol. The van der Waals surface area contributed by atoms with E-state index in [4.69, 9.17) is 21.1 Å². The summed E-state index contributed by atoms with van der Waals surface area (Å²) in [5.41, 5.74) is 1.41. The molecule has 0 saturated carbocycles. The molecule has 1 fully saturated rings. The van der Waals surface area contributed by atoms with Crippen LogP contribution in [-0.4, -0.2) is 40.3 Å². The summed E-state index contributed by atoms with van der Waals surface area (Å²) in [4.78, 5) is 13.6. The highest BCUT2D eigenvalue weighted by Gasteiger charge is 2.21. The Balaban J connectivity index is 1.69. The smallest absolute Gasteiger partial charge is 0.360 e. The van der Waals surface area contributed by atoms with E-state index in [-0.39, 0.29) is 18.4 Å². The first-order valence-corrected chi connectivity index (χ1v) is 8.00. The first-order chi connectivity index (χ1) is 11.1. The molecule has 0 bridgehead atoms. The first kappa shape index (κ1) is 16.0. The monoisotopic (exact) mass is 335 g/mol. The number of carbonyl (C=O) groups excluding carboxylic acids is 1. The second kappa shape index (κ2) is 7.10. The lowest BCUT2D eigenvalue weighted by Gasteiger charge is -2.21. The van der Waals surface area contributed by atoms with Crippen LogP contribution in [0.5, 0.6) is 0 Å². The summed E-state index contributed by atoms with van der Waals surface area (Å²) in [6, 6.07) is 7.11. The van der Waals surface area contributed by atoms with E-state index in [2.05, 4.69) is 10.2 Å². The molecule has 0 aliphatic carbocycles. The summed E-state index contributed by atoms with van der Waals surface area (Å²) in [5.74, 6) is -0.482. The molecule has 1 atom stereocenters. The van der Waals surface area contributed by atoms with E-state index in [1.165, 1.54) is 4.80 Å². The van der Waals surface area contributed by atoms with Gasteiger partial charge in [0.1, 0.15) is 6.61 Å². The maximum Gasteiger partial charge on any atom is 0.360 e. The van der Waals surface area contributed by atoms with E-state index in [0.29, 0.717) is 16.4 Å². The van der Waals surface area contributed by atoms with Crippen molar-refractivity contribution in [3.8, 4) is 5.69 Å². The Kier molecular flexibility index (Phi) is 4.93. The number of hydrogen-bond donors (Lipinski definition) is 0. The topological polar surface area (TPSA) is 66.2 Å². The van der Waals surface area contributed by atoms with Crippen LogP contribution in [0.2, 0.25) is 5.02 Å². The van der Waals surface area contributed by atoms with Gasteiger partial charge >= 0.3 is 5.97 Å². The fourth-order valence-corrected chi connectivity index (χ4v) is 2.64. The van der Waals surface area contributed by atoms with Crippen LogP contribution in [0.1, 0.15) is 35.4 Å². The minimum absolute atomic E-state index is 0.0176. The summed E-state index contributed by atoms with van der Waals surface area (Å²) in [6.07, 6.45) is 3.07. The van der Waals surface area contributed by atoms with Crippen molar-refractivity contribution in [2.45, 2.75) is 32.3 Å². The molecule has 2 aromatic rings. The molecule has 122 valence electrons. The van der Waals surface area contributed by atoms with E-state index in [1.807, 2.05) is 6.07 Å².